The molecule has 9 aromatic rings. The van der Waals surface area contributed by atoms with Gasteiger partial charge in [-0.3, -0.25) is 15.0 Å². The van der Waals surface area contributed by atoms with E-state index in [2.05, 4.69) is 15.0 Å². The fourth-order valence-corrected chi connectivity index (χ4v) is 7.52. The van der Waals surface area contributed by atoms with Crippen LogP contribution in [-0.4, -0.2) is 15.0 Å². The minimum absolute atomic E-state index is 0.00731. The Labute approximate surface area is 413 Å². The molecule has 0 bridgehead atoms. The van der Waals surface area contributed by atoms with Gasteiger partial charge in [-0.05, 0) is 150 Å². The molecule has 0 saturated heterocycles. The molecule has 0 aliphatic carbocycles. The van der Waals surface area contributed by atoms with Crippen LogP contribution in [0.15, 0.2) is 150 Å². The van der Waals surface area contributed by atoms with Crippen molar-refractivity contribution in [2.75, 3.05) is 0 Å². The Bertz CT molecular complexity index is 4010. The predicted octanol–water partition coefficient (Wildman–Crippen LogP) is 14.9. The van der Waals surface area contributed by atoms with Crippen molar-refractivity contribution in [2.45, 2.75) is 91.4 Å². The predicted molar refractivity (Wildman–Crippen MR) is 267 cm³/mol. The minimum Gasteiger partial charge on any atom is -0.455 e. The maximum atomic E-state index is 9.89. The number of aryl methyl sites for hydroxylation is 8. The molecule has 322 valence electrons. The number of benzene rings is 5. The molecule has 4 aromatic heterocycles. The summed E-state index contributed by atoms with van der Waals surface area (Å²) in [7, 11) is 0. The third-order valence-corrected chi connectivity index (χ3v) is 10.9. The Morgan fingerprint density at radius 1 is 0.585 bits per heavy atom. The number of hydrogen-bond donors (Lipinski definition) is 0. The largest absolute Gasteiger partial charge is 0.455 e. The van der Waals surface area contributed by atoms with Crippen molar-refractivity contribution in [3.63, 3.8) is 0 Å². The zero-order valence-corrected chi connectivity index (χ0v) is 36.0. The second-order valence-electron chi connectivity index (χ2n) is 15.8. The molecule has 0 atom stereocenters. The third-order valence-electron chi connectivity index (χ3n) is 10.9. The van der Waals surface area contributed by atoms with Gasteiger partial charge in [0, 0.05) is 79.0 Å². The van der Waals surface area contributed by atoms with Crippen LogP contribution >= 0.6 is 0 Å². The number of nitrogens with zero attached hydrogens (tertiary/aromatic N) is 4. The van der Waals surface area contributed by atoms with E-state index >= 15 is 0 Å². The van der Waals surface area contributed by atoms with Crippen molar-refractivity contribution in [1.82, 2.24) is 15.0 Å². The summed E-state index contributed by atoms with van der Waals surface area (Å²) in [5.74, 6) is -3.24. The standard InChI is InChI=1S/C60H56N4O/c1-38(2)54-32-56(45-14-9-7-10-15-45)62-36-49(54)24-21-43-29-42(30-44(31-43)22-25-50-37-63-57(33-55(50)39(3)4)46-16-11-8-12-17-46)20-23-48-35-64-58(28-40(48)5)53-19-13-18-51-52-27-26-47(34-61)41(6)59(52)65-60(51)53/h7-19,26-33,35-39H,20-25H2,1-6H3/i5D3,6D3,20D2,21D2,22D2,23D2,24D2,25D2,26D,38D,39D. The summed E-state index contributed by atoms with van der Waals surface area (Å²) >= 11 is 0. The fraction of sp³-hybridized carbons (Fsp3) is 0.233. The minimum atomic E-state index is -3.58. The van der Waals surface area contributed by atoms with Crippen molar-refractivity contribution >= 4 is 21.9 Å². The maximum Gasteiger partial charge on any atom is 0.144 e. The first-order valence-corrected chi connectivity index (χ1v) is 20.8. The summed E-state index contributed by atoms with van der Waals surface area (Å²) in [6, 6.07) is 30.8. The highest BCUT2D eigenvalue weighted by molar-refractivity contribution is 6.10. The molecule has 0 saturated carbocycles. The van der Waals surface area contributed by atoms with E-state index in [1.165, 1.54) is 64.1 Å². The van der Waals surface area contributed by atoms with E-state index in [1.54, 1.807) is 66.7 Å². The Hall–Kier alpha value is -7.16. The lowest BCUT2D eigenvalue weighted by atomic mass is 9.90. The number of furan rings is 1. The fourth-order valence-electron chi connectivity index (χ4n) is 7.52. The van der Waals surface area contributed by atoms with E-state index in [0.29, 0.717) is 22.5 Å². The normalized spacial score (nSPS) is 18.4. The number of rotatable bonds is 14. The molecule has 0 spiro atoms. The van der Waals surface area contributed by atoms with Gasteiger partial charge in [0.2, 0.25) is 0 Å². The van der Waals surface area contributed by atoms with Crippen LogP contribution in [0, 0.1) is 25.0 Å². The molecule has 0 aliphatic heterocycles. The molecule has 0 radical (unpaired) electrons. The van der Waals surface area contributed by atoms with Crippen LogP contribution in [0.5, 0.6) is 0 Å². The van der Waals surface area contributed by atoms with Gasteiger partial charge in [-0.15, -0.1) is 0 Å². The van der Waals surface area contributed by atoms with Crippen molar-refractivity contribution in [1.29, 1.82) is 5.26 Å². The number of hydrogen-bond acceptors (Lipinski definition) is 5. The van der Waals surface area contributed by atoms with Gasteiger partial charge in [-0.2, -0.15) is 5.26 Å². The van der Waals surface area contributed by atoms with Crippen LogP contribution in [0.2, 0.25) is 0 Å². The summed E-state index contributed by atoms with van der Waals surface area (Å²) in [6.45, 7) is -0.362. The van der Waals surface area contributed by atoms with Gasteiger partial charge in [-0.1, -0.05) is 119 Å². The molecule has 0 aliphatic rings. The number of para-hydroxylation sites is 1. The van der Waals surface area contributed by atoms with E-state index in [-0.39, 0.29) is 44.3 Å². The third kappa shape index (κ3) is 9.26. The molecule has 9 rings (SSSR count). The number of nitriles is 1. The van der Waals surface area contributed by atoms with Gasteiger partial charge < -0.3 is 4.42 Å². The summed E-state index contributed by atoms with van der Waals surface area (Å²) in [4.78, 5) is 13.4. The van der Waals surface area contributed by atoms with E-state index in [1.807, 2.05) is 0 Å². The number of pyridine rings is 3. The molecular weight excluding hydrogens is 793 g/mol. The van der Waals surface area contributed by atoms with Gasteiger partial charge in [0.05, 0.1) is 30.1 Å². The van der Waals surface area contributed by atoms with Crippen LogP contribution < -0.4 is 0 Å². The average molecular weight is 870 g/mol. The van der Waals surface area contributed by atoms with Gasteiger partial charge >= 0.3 is 0 Å². The second-order valence-corrected chi connectivity index (χ2v) is 15.8. The first-order valence-electron chi connectivity index (χ1n) is 31.3. The summed E-state index contributed by atoms with van der Waals surface area (Å²) < 4.78 is 200. The highest BCUT2D eigenvalue weighted by Crippen LogP contribution is 2.38. The molecule has 5 heteroatoms. The summed E-state index contributed by atoms with van der Waals surface area (Å²) in [6.07, 6.45) is -17.5. The monoisotopic (exact) mass is 870 g/mol. The van der Waals surface area contributed by atoms with Crippen molar-refractivity contribution in [2.24, 2.45) is 0 Å². The molecule has 0 amide bonds. The Kier molecular flexibility index (Phi) is 7.20. The highest BCUT2D eigenvalue weighted by Gasteiger charge is 2.18. The van der Waals surface area contributed by atoms with Crippen LogP contribution in [0.3, 0.4) is 0 Å². The molecule has 0 unspecified atom stereocenters. The van der Waals surface area contributed by atoms with Crippen LogP contribution in [-0.2, 0) is 38.2 Å². The van der Waals surface area contributed by atoms with Crippen LogP contribution in [0.25, 0.3) is 55.7 Å². The van der Waals surface area contributed by atoms with Gasteiger partial charge in [0.1, 0.15) is 11.2 Å². The average Bonchev–Trinajstić information content (AvgIpc) is 1.04. The van der Waals surface area contributed by atoms with E-state index in [9.17, 15) is 21.7 Å². The lowest BCUT2D eigenvalue weighted by Gasteiger charge is -2.17. The van der Waals surface area contributed by atoms with E-state index in [4.69, 9.17) is 16.8 Å². The molecule has 0 fully saturated rings. The maximum absolute atomic E-state index is 9.89. The lowest BCUT2D eigenvalue weighted by Crippen LogP contribution is -2.04. The van der Waals surface area contributed by atoms with Crippen LogP contribution in [0.4, 0.5) is 0 Å². The zero-order valence-electron chi connectivity index (χ0n) is 57.0. The highest BCUT2D eigenvalue weighted by atomic mass is 16.3. The molecular formula is C60H56N4O. The zero-order chi connectivity index (χ0) is 63.5. The smallest absolute Gasteiger partial charge is 0.144 e. The van der Waals surface area contributed by atoms with Crippen LogP contribution in [0.1, 0.15) is 129 Å². The van der Waals surface area contributed by atoms with E-state index in [0.717, 1.165) is 42.9 Å². The summed E-state index contributed by atoms with van der Waals surface area (Å²) in [5.41, 5.74) is -4.61. The van der Waals surface area contributed by atoms with Crippen molar-refractivity contribution in [3.8, 4) is 39.8 Å². The first-order chi connectivity index (χ1) is 39.6. The van der Waals surface area contributed by atoms with E-state index < -0.39 is 120 Å². The number of fused-ring (bicyclic) bond motifs is 3. The number of aromatic nitrogens is 3. The van der Waals surface area contributed by atoms with Gasteiger partial charge in [0.25, 0.3) is 0 Å². The summed E-state index contributed by atoms with van der Waals surface area (Å²) in [5, 5.41) is 10.3. The Morgan fingerprint density at radius 2 is 1.11 bits per heavy atom. The Morgan fingerprint density at radius 3 is 1.63 bits per heavy atom. The second kappa shape index (κ2) is 18.9. The Balaban J connectivity index is 1.25. The SMILES string of the molecule is [2H]c1cc2c(oc3c(-c4cc(C([2H])([2H])[2H])c(C([2H])([2H])C([2H])([2H])c5cc(C([2H])([2H])C([2H])([2H])c6cnc(-c7ccccc7)cc6C([2H])(C)C)cc(C([2H])([2H])C([2H])([2H])c6cnc(-c7ccccc7)cc6C([2H])(C)C)c5)cn4)cccc32)c(C([2H])([2H])[2H])c1C#N. The first kappa shape index (κ1) is 24.8. The lowest BCUT2D eigenvalue weighted by molar-refractivity contribution is 0.666. The van der Waals surface area contributed by atoms with Crippen molar-refractivity contribution in [3.05, 3.63) is 207 Å². The topological polar surface area (TPSA) is 75.6 Å². The quantitative estimate of drug-likeness (QED) is 0.109. The van der Waals surface area contributed by atoms with Crippen molar-refractivity contribution < 1.29 is 33.2 Å². The molecule has 65 heavy (non-hydrogen) atoms. The molecule has 4 heterocycles. The molecule has 5 nitrogen and oxygen atoms in total. The van der Waals surface area contributed by atoms with Gasteiger partial charge in [-0.25, -0.2) is 0 Å². The molecule has 0 N–H and O–H groups in total. The molecule has 5 aromatic carbocycles. The van der Waals surface area contributed by atoms with Gasteiger partial charge in [0.15, 0.2) is 0 Å².